The third kappa shape index (κ3) is 4.74. The molecule has 124 valence electrons. The van der Waals surface area contributed by atoms with Crippen LogP contribution in [0.4, 0.5) is 17.5 Å². The molecule has 0 atom stereocenters. The molecule has 0 aliphatic carbocycles. The van der Waals surface area contributed by atoms with Crippen LogP contribution < -0.4 is 20.1 Å². The Bertz CT molecular complexity index is 646. The van der Waals surface area contributed by atoms with E-state index in [0.29, 0.717) is 17.4 Å². The molecule has 0 aliphatic heterocycles. The van der Waals surface area contributed by atoms with Gasteiger partial charge in [-0.1, -0.05) is 13.3 Å². The lowest BCUT2D eigenvalue weighted by molar-refractivity contribution is 0.355. The van der Waals surface area contributed by atoms with Gasteiger partial charge in [0, 0.05) is 30.1 Å². The Labute approximate surface area is 137 Å². The Morgan fingerprint density at radius 3 is 2.52 bits per heavy atom. The number of rotatable bonds is 8. The zero-order chi connectivity index (χ0) is 16.7. The Hall–Kier alpha value is -2.50. The molecule has 6 nitrogen and oxygen atoms in total. The third-order valence-electron chi connectivity index (χ3n) is 3.32. The van der Waals surface area contributed by atoms with E-state index in [9.17, 15) is 0 Å². The summed E-state index contributed by atoms with van der Waals surface area (Å²) in [5.41, 5.74) is 1.78. The van der Waals surface area contributed by atoms with Crippen LogP contribution in [0.1, 0.15) is 25.5 Å². The van der Waals surface area contributed by atoms with Crippen LogP contribution in [0, 0.1) is 6.92 Å². The number of aryl methyl sites for hydroxylation is 1. The minimum absolute atomic E-state index is 0.640. The topological polar surface area (TPSA) is 68.3 Å². The summed E-state index contributed by atoms with van der Waals surface area (Å²) in [6, 6.07) is 7.56. The second-order valence-corrected chi connectivity index (χ2v) is 5.19. The molecule has 0 spiro atoms. The predicted molar refractivity (Wildman–Crippen MR) is 93.0 cm³/mol. The van der Waals surface area contributed by atoms with Gasteiger partial charge in [-0.3, -0.25) is 0 Å². The molecule has 0 fully saturated rings. The summed E-state index contributed by atoms with van der Waals surface area (Å²) in [7, 11) is 3.24. The summed E-state index contributed by atoms with van der Waals surface area (Å²) >= 11 is 0. The lowest BCUT2D eigenvalue weighted by Gasteiger charge is -2.12. The standard InChI is InChI=1S/C17H24N4O2/c1-5-6-9-18-17-19-12(2)10-16(21-17)20-13-7-8-14(22-3)15(11-13)23-4/h7-8,10-11H,5-6,9H2,1-4H3,(H2,18,19,20,21). The van der Waals surface area contributed by atoms with Gasteiger partial charge in [0.25, 0.3) is 0 Å². The Kier molecular flexibility index (Phi) is 6.02. The van der Waals surface area contributed by atoms with Crippen LogP contribution in [-0.4, -0.2) is 30.7 Å². The summed E-state index contributed by atoms with van der Waals surface area (Å²) < 4.78 is 10.6. The maximum atomic E-state index is 5.32. The van der Waals surface area contributed by atoms with E-state index in [1.54, 1.807) is 14.2 Å². The zero-order valence-corrected chi connectivity index (χ0v) is 14.1. The van der Waals surface area contributed by atoms with Crippen molar-refractivity contribution in [3.8, 4) is 11.5 Å². The quantitative estimate of drug-likeness (QED) is 0.723. The highest BCUT2D eigenvalue weighted by molar-refractivity contribution is 5.62. The Morgan fingerprint density at radius 1 is 1.04 bits per heavy atom. The first-order valence-electron chi connectivity index (χ1n) is 7.75. The van der Waals surface area contributed by atoms with Gasteiger partial charge in [-0.15, -0.1) is 0 Å². The van der Waals surface area contributed by atoms with Crippen LogP contribution in [-0.2, 0) is 0 Å². The number of ether oxygens (including phenoxy) is 2. The number of hydrogen-bond acceptors (Lipinski definition) is 6. The molecular weight excluding hydrogens is 292 g/mol. The molecule has 1 aromatic heterocycles. The predicted octanol–water partition coefficient (Wildman–Crippen LogP) is 3.76. The fourth-order valence-electron chi connectivity index (χ4n) is 2.15. The molecule has 0 bridgehead atoms. The van der Waals surface area contributed by atoms with E-state index in [1.165, 1.54) is 0 Å². The summed E-state index contributed by atoms with van der Waals surface area (Å²) in [5, 5.41) is 6.52. The highest BCUT2D eigenvalue weighted by atomic mass is 16.5. The van der Waals surface area contributed by atoms with Gasteiger partial charge in [0.1, 0.15) is 5.82 Å². The van der Waals surface area contributed by atoms with Crippen molar-refractivity contribution in [2.24, 2.45) is 0 Å². The number of nitrogens with one attached hydrogen (secondary N) is 2. The average Bonchev–Trinajstić information content (AvgIpc) is 2.54. The largest absolute Gasteiger partial charge is 0.493 e. The van der Waals surface area contributed by atoms with Crippen molar-refractivity contribution < 1.29 is 9.47 Å². The minimum Gasteiger partial charge on any atom is -0.493 e. The van der Waals surface area contributed by atoms with E-state index < -0.39 is 0 Å². The second-order valence-electron chi connectivity index (χ2n) is 5.19. The summed E-state index contributed by atoms with van der Waals surface area (Å²) in [6.45, 7) is 4.98. The first-order valence-corrected chi connectivity index (χ1v) is 7.75. The van der Waals surface area contributed by atoms with Crippen LogP contribution >= 0.6 is 0 Å². The van der Waals surface area contributed by atoms with Gasteiger partial charge in [0.2, 0.25) is 5.95 Å². The summed E-state index contributed by atoms with van der Waals surface area (Å²) in [4.78, 5) is 8.89. The molecular formula is C17H24N4O2. The van der Waals surface area contributed by atoms with Gasteiger partial charge in [0.05, 0.1) is 14.2 Å². The van der Waals surface area contributed by atoms with Crippen molar-refractivity contribution in [1.82, 2.24) is 9.97 Å². The number of nitrogens with zero attached hydrogens (tertiary/aromatic N) is 2. The molecule has 0 aliphatic rings. The summed E-state index contributed by atoms with van der Waals surface area (Å²) in [6.07, 6.45) is 2.23. The molecule has 0 saturated carbocycles. The molecule has 0 saturated heterocycles. The van der Waals surface area contributed by atoms with Crippen molar-refractivity contribution in [1.29, 1.82) is 0 Å². The van der Waals surface area contributed by atoms with Crippen LogP contribution in [0.15, 0.2) is 24.3 Å². The van der Waals surface area contributed by atoms with Gasteiger partial charge in [-0.05, 0) is 25.5 Å². The first-order chi connectivity index (χ1) is 11.2. The maximum absolute atomic E-state index is 5.32. The number of benzene rings is 1. The van der Waals surface area contributed by atoms with Crippen LogP contribution in [0.5, 0.6) is 11.5 Å². The van der Waals surface area contributed by atoms with E-state index in [4.69, 9.17) is 9.47 Å². The van der Waals surface area contributed by atoms with Gasteiger partial charge in [-0.25, -0.2) is 4.98 Å². The van der Waals surface area contributed by atoms with Crippen LogP contribution in [0.3, 0.4) is 0 Å². The van der Waals surface area contributed by atoms with E-state index in [-0.39, 0.29) is 0 Å². The Balaban J connectivity index is 2.16. The molecule has 6 heteroatoms. The second kappa shape index (κ2) is 8.22. The smallest absolute Gasteiger partial charge is 0.224 e. The molecule has 0 amide bonds. The lowest BCUT2D eigenvalue weighted by Crippen LogP contribution is -2.07. The molecule has 0 radical (unpaired) electrons. The summed E-state index contributed by atoms with van der Waals surface area (Å²) in [5.74, 6) is 2.74. The van der Waals surface area contributed by atoms with Crippen molar-refractivity contribution in [2.75, 3.05) is 31.4 Å². The fourth-order valence-corrected chi connectivity index (χ4v) is 2.15. The maximum Gasteiger partial charge on any atom is 0.224 e. The van der Waals surface area contributed by atoms with Gasteiger partial charge in [0.15, 0.2) is 11.5 Å². The minimum atomic E-state index is 0.640. The molecule has 2 rings (SSSR count). The van der Waals surface area contributed by atoms with Crippen molar-refractivity contribution in [3.05, 3.63) is 30.0 Å². The molecule has 1 aromatic carbocycles. The molecule has 2 N–H and O–H groups in total. The van der Waals surface area contributed by atoms with E-state index in [0.717, 1.165) is 36.6 Å². The average molecular weight is 316 g/mol. The van der Waals surface area contributed by atoms with E-state index >= 15 is 0 Å². The normalized spacial score (nSPS) is 10.3. The van der Waals surface area contributed by atoms with Crippen LogP contribution in [0.25, 0.3) is 0 Å². The number of anilines is 3. The first kappa shape index (κ1) is 16.9. The highest BCUT2D eigenvalue weighted by Crippen LogP contribution is 2.30. The van der Waals surface area contributed by atoms with Crippen molar-refractivity contribution >= 4 is 17.5 Å². The number of methoxy groups -OCH3 is 2. The highest BCUT2D eigenvalue weighted by Gasteiger charge is 2.07. The third-order valence-corrected chi connectivity index (χ3v) is 3.32. The van der Waals surface area contributed by atoms with Crippen LogP contribution in [0.2, 0.25) is 0 Å². The monoisotopic (exact) mass is 316 g/mol. The molecule has 0 unspecified atom stereocenters. The van der Waals surface area contributed by atoms with Gasteiger partial charge in [-0.2, -0.15) is 4.98 Å². The Morgan fingerprint density at radius 2 is 1.83 bits per heavy atom. The van der Waals surface area contributed by atoms with Gasteiger partial charge < -0.3 is 20.1 Å². The zero-order valence-electron chi connectivity index (χ0n) is 14.1. The molecule has 2 aromatic rings. The van der Waals surface area contributed by atoms with Crippen molar-refractivity contribution in [3.63, 3.8) is 0 Å². The molecule has 1 heterocycles. The number of aromatic nitrogens is 2. The van der Waals surface area contributed by atoms with Gasteiger partial charge >= 0.3 is 0 Å². The molecule has 23 heavy (non-hydrogen) atoms. The fraction of sp³-hybridized carbons (Fsp3) is 0.412. The van der Waals surface area contributed by atoms with E-state index in [1.807, 2.05) is 31.2 Å². The SMILES string of the molecule is CCCCNc1nc(C)cc(Nc2ccc(OC)c(OC)c2)n1. The van der Waals surface area contributed by atoms with Crippen molar-refractivity contribution in [2.45, 2.75) is 26.7 Å². The number of hydrogen-bond donors (Lipinski definition) is 2. The number of unbranched alkanes of at least 4 members (excludes halogenated alkanes) is 1. The lowest BCUT2D eigenvalue weighted by atomic mass is 10.2. The van der Waals surface area contributed by atoms with E-state index in [2.05, 4.69) is 27.5 Å².